The largest absolute Gasteiger partial charge is 0.479 e. The first-order chi connectivity index (χ1) is 12.0. The lowest BCUT2D eigenvalue weighted by atomic mass is 10.1. The molecule has 25 heavy (non-hydrogen) atoms. The summed E-state index contributed by atoms with van der Waals surface area (Å²) in [7, 11) is 0. The summed E-state index contributed by atoms with van der Waals surface area (Å²) in [5, 5.41) is 13.6. The number of amides is 1. The quantitative estimate of drug-likeness (QED) is 0.914. The van der Waals surface area contributed by atoms with Crippen LogP contribution in [0.5, 0.6) is 0 Å². The number of hydrogen-bond acceptors (Lipinski definition) is 4. The summed E-state index contributed by atoms with van der Waals surface area (Å²) in [5.41, 5.74) is 2.20. The van der Waals surface area contributed by atoms with Crippen LogP contribution in [0.3, 0.4) is 0 Å². The van der Waals surface area contributed by atoms with Gasteiger partial charge in [0, 0.05) is 6.54 Å². The Morgan fingerprint density at radius 1 is 1.28 bits per heavy atom. The highest BCUT2D eigenvalue weighted by Gasteiger charge is 2.34. The van der Waals surface area contributed by atoms with Gasteiger partial charge in [-0.2, -0.15) is 5.10 Å². The fourth-order valence-electron chi connectivity index (χ4n) is 3.11. The summed E-state index contributed by atoms with van der Waals surface area (Å²) >= 11 is 0. The standard InChI is InChI=1S/C18H21N3O4/c1-3-15-14(9-19-21(15)13-7-5-4-6-8-13)17(22)20-10-12(2)25-16(11-20)18(23)24/h4-9,12,16H,3,10-11H2,1-2H3,(H,23,24)/t12-,16-/m1/s1. The van der Waals surface area contributed by atoms with Gasteiger partial charge in [-0.05, 0) is 25.5 Å². The molecule has 1 saturated heterocycles. The van der Waals surface area contributed by atoms with Crippen molar-refractivity contribution < 1.29 is 19.4 Å². The Balaban J connectivity index is 1.90. The molecule has 3 rings (SSSR count). The predicted molar refractivity (Wildman–Crippen MR) is 90.8 cm³/mol. The fourth-order valence-corrected chi connectivity index (χ4v) is 3.11. The van der Waals surface area contributed by atoms with E-state index in [0.717, 1.165) is 11.4 Å². The molecule has 2 heterocycles. The molecule has 0 unspecified atom stereocenters. The molecular weight excluding hydrogens is 322 g/mol. The van der Waals surface area contributed by atoms with Crippen LogP contribution in [0.4, 0.5) is 0 Å². The number of carbonyl (C=O) groups is 2. The first kappa shape index (κ1) is 17.2. The topological polar surface area (TPSA) is 84.7 Å². The highest BCUT2D eigenvalue weighted by atomic mass is 16.5. The summed E-state index contributed by atoms with van der Waals surface area (Å²) in [6, 6.07) is 9.61. The SMILES string of the molecule is CCc1c(C(=O)N2C[C@@H](C)O[C@@H](C(=O)O)C2)cnn1-c1ccccc1. The second-order valence-corrected chi connectivity index (χ2v) is 6.09. The summed E-state index contributed by atoms with van der Waals surface area (Å²) in [4.78, 5) is 25.7. The van der Waals surface area contributed by atoms with Crippen molar-refractivity contribution in [3.05, 3.63) is 47.8 Å². The first-order valence-corrected chi connectivity index (χ1v) is 8.31. The molecule has 1 amide bonds. The van der Waals surface area contributed by atoms with Crippen LogP contribution in [0.2, 0.25) is 0 Å². The highest BCUT2D eigenvalue weighted by molar-refractivity contribution is 5.95. The zero-order chi connectivity index (χ0) is 18.0. The van der Waals surface area contributed by atoms with Crippen molar-refractivity contribution in [3.8, 4) is 5.69 Å². The maximum atomic E-state index is 13.0. The summed E-state index contributed by atoms with van der Waals surface area (Å²) in [6.07, 6.45) is 0.873. The monoisotopic (exact) mass is 343 g/mol. The van der Waals surface area contributed by atoms with E-state index in [2.05, 4.69) is 5.10 Å². The Kier molecular flexibility index (Phi) is 4.85. The molecular formula is C18H21N3O4. The molecule has 7 nitrogen and oxygen atoms in total. The summed E-state index contributed by atoms with van der Waals surface area (Å²) in [6.45, 7) is 4.14. The molecule has 2 atom stereocenters. The Labute approximate surface area is 145 Å². The number of hydrogen-bond donors (Lipinski definition) is 1. The molecule has 7 heteroatoms. The number of para-hydroxylation sites is 1. The van der Waals surface area contributed by atoms with Gasteiger partial charge in [-0.15, -0.1) is 0 Å². The van der Waals surface area contributed by atoms with Crippen LogP contribution in [0.1, 0.15) is 29.9 Å². The molecule has 0 spiro atoms. The van der Waals surface area contributed by atoms with Gasteiger partial charge >= 0.3 is 5.97 Å². The molecule has 1 aliphatic rings. The van der Waals surface area contributed by atoms with Crippen molar-refractivity contribution in [2.24, 2.45) is 0 Å². The van der Waals surface area contributed by atoms with Gasteiger partial charge in [0.25, 0.3) is 5.91 Å². The molecule has 0 saturated carbocycles. The van der Waals surface area contributed by atoms with E-state index < -0.39 is 12.1 Å². The Morgan fingerprint density at radius 3 is 2.64 bits per heavy atom. The Hall–Kier alpha value is -2.67. The van der Waals surface area contributed by atoms with Gasteiger partial charge in [0.15, 0.2) is 6.10 Å². The molecule has 1 aromatic heterocycles. The van der Waals surface area contributed by atoms with E-state index in [-0.39, 0.29) is 18.6 Å². The van der Waals surface area contributed by atoms with E-state index in [9.17, 15) is 14.7 Å². The third kappa shape index (κ3) is 3.41. The third-order valence-corrected chi connectivity index (χ3v) is 4.26. The summed E-state index contributed by atoms with van der Waals surface area (Å²) in [5.74, 6) is -1.26. The van der Waals surface area contributed by atoms with Crippen LogP contribution in [-0.2, 0) is 16.0 Å². The fraction of sp³-hybridized carbons (Fsp3) is 0.389. The number of nitrogens with zero attached hydrogens (tertiary/aromatic N) is 3. The van der Waals surface area contributed by atoms with Gasteiger partial charge in [-0.25, -0.2) is 9.48 Å². The van der Waals surface area contributed by atoms with E-state index in [0.29, 0.717) is 18.5 Å². The molecule has 0 aliphatic carbocycles. The number of rotatable bonds is 4. The van der Waals surface area contributed by atoms with Crippen molar-refractivity contribution in [1.82, 2.24) is 14.7 Å². The van der Waals surface area contributed by atoms with Gasteiger partial charge in [-0.1, -0.05) is 25.1 Å². The number of morpholine rings is 1. The minimum atomic E-state index is -1.06. The lowest BCUT2D eigenvalue weighted by Crippen LogP contribution is -2.51. The van der Waals surface area contributed by atoms with Gasteiger partial charge in [0.05, 0.1) is 35.8 Å². The van der Waals surface area contributed by atoms with Crippen molar-refractivity contribution in [2.45, 2.75) is 32.5 Å². The van der Waals surface area contributed by atoms with Crippen LogP contribution in [0.15, 0.2) is 36.5 Å². The van der Waals surface area contributed by atoms with E-state index >= 15 is 0 Å². The van der Waals surface area contributed by atoms with Crippen LogP contribution >= 0.6 is 0 Å². The van der Waals surface area contributed by atoms with E-state index in [4.69, 9.17) is 4.74 Å². The second kappa shape index (κ2) is 7.06. The van der Waals surface area contributed by atoms with Crippen LogP contribution in [0, 0.1) is 0 Å². The lowest BCUT2D eigenvalue weighted by molar-refractivity contribution is -0.160. The van der Waals surface area contributed by atoms with Crippen LogP contribution in [0.25, 0.3) is 5.69 Å². The molecule has 1 aliphatic heterocycles. The normalized spacial score (nSPS) is 20.5. The molecule has 132 valence electrons. The average molecular weight is 343 g/mol. The zero-order valence-electron chi connectivity index (χ0n) is 14.3. The number of carbonyl (C=O) groups excluding carboxylic acids is 1. The van der Waals surface area contributed by atoms with E-state index in [1.54, 1.807) is 22.7 Å². The third-order valence-electron chi connectivity index (χ3n) is 4.26. The Bertz CT molecular complexity index is 772. The van der Waals surface area contributed by atoms with E-state index in [1.807, 2.05) is 37.3 Å². The van der Waals surface area contributed by atoms with Crippen molar-refractivity contribution in [2.75, 3.05) is 13.1 Å². The maximum absolute atomic E-state index is 13.0. The van der Waals surface area contributed by atoms with Gasteiger partial charge in [-0.3, -0.25) is 4.79 Å². The minimum absolute atomic E-state index is 0.0399. The van der Waals surface area contributed by atoms with Gasteiger partial charge < -0.3 is 14.7 Å². The number of ether oxygens (including phenoxy) is 1. The van der Waals surface area contributed by atoms with Gasteiger partial charge in [0.2, 0.25) is 0 Å². The molecule has 0 radical (unpaired) electrons. The minimum Gasteiger partial charge on any atom is -0.479 e. The van der Waals surface area contributed by atoms with Crippen molar-refractivity contribution in [1.29, 1.82) is 0 Å². The lowest BCUT2D eigenvalue weighted by Gasteiger charge is -2.34. The van der Waals surface area contributed by atoms with Crippen molar-refractivity contribution >= 4 is 11.9 Å². The van der Waals surface area contributed by atoms with Crippen molar-refractivity contribution in [3.63, 3.8) is 0 Å². The summed E-state index contributed by atoms with van der Waals surface area (Å²) < 4.78 is 7.14. The first-order valence-electron chi connectivity index (χ1n) is 8.31. The van der Waals surface area contributed by atoms with Gasteiger partial charge in [0.1, 0.15) is 0 Å². The number of carboxylic acid groups (broad SMARTS) is 1. The van der Waals surface area contributed by atoms with Crippen LogP contribution in [-0.4, -0.2) is 57.0 Å². The average Bonchev–Trinajstić information content (AvgIpc) is 3.05. The number of benzene rings is 1. The number of carboxylic acids is 1. The second-order valence-electron chi connectivity index (χ2n) is 6.09. The predicted octanol–water partition coefficient (Wildman–Crippen LogP) is 1.75. The highest BCUT2D eigenvalue weighted by Crippen LogP contribution is 2.20. The Morgan fingerprint density at radius 2 is 2.00 bits per heavy atom. The smallest absolute Gasteiger partial charge is 0.334 e. The molecule has 1 aromatic carbocycles. The zero-order valence-corrected chi connectivity index (χ0v) is 14.3. The number of aromatic nitrogens is 2. The molecule has 1 N–H and O–H groups in total. The van der Waals surface area contributed by atoms with Crippen LogP contribution < -0.4 is 0 Å². The molecule has 0 bridgehead atoms. The van der Waals surface area contributed by atoms with E-state index in [1.165, 1.54) is 0 Å². The molecule has 1 fully saturated rings. The maximum Gasteiger partial charge on any atom is 0.334 e. The number of aliphatic carboxylic acids is 1. The molecule has 2 aromatic rings.